The van der Waals surface area contributed by atoms with Gasteiger partial charge in [-0.3, -0.25) is 0 Å². The molecule has 0 heterocycles. The fourth-order valence-electron chi connectivity index (χ4n) is 2.77. The fraction of sp³-hybridized carbons (Fsp3) is 0.400. The number of aryl methyl sites for hydroxylation is 1. The van der Waals surface area contributed by atoms with Gasteiger partial charge < -0.3 is 4.90 Å². The Morgan fingerprint density at radius 1 is 0.857 bits per heavy atom. The minimum atomic E-state index is 0.515. The van der Waals surface area contributed by atoms with Gasteiger partial charge in [0, 0.05) is 17.4 Å². The van der Waals surface area contributed by atoms with E-state index in [1.165, 1.54) is 42.6 Å². The van der Waals surface area contributed by atoms with Gasteiger partial charge in [-0.05, 0) is 44.5 Å². The molecule has 0 bridgehead atoms. The first-order chi connectivity index (χ1) is 10.2. The van der Waals surface area contributed by atoms with Gasteiger partial charge in [-0.2, -0.15) is 0 Å². The summed E-state index contributed by atoms with van der Waals surface area (Å²) in [5.41, 5.74) is 3.88. The molecule has 0 fully saturated rings. The average molecular weight is 281 g/mol. The molecule has 1 heteroatoms. The summed E-state index contributed by atoms with van der Waals surface area (Å²) in [4.78, 5) is 2.47. The lowest BCUT2D eigenvalue weighted by Gasteiger charge is -2.32. The first-order valence-electron chi connectivity index (χ1n) is 8.13. The van der Waals surface area contributed by atoms with Gasteiger partial charge in [0.05, 0.1) is 0 Å². The average Bonchev–Trinajstić information content (AvgIpc) is 2.51. The Kier molecular flexibility index (Phi) is 5.86. The molecule has 0 N–H and O–H groups in total. The largest absolute Gasteiger partial charge is 0.339 e. The number of nitrogens with zero attached hydrogens (tertiary/aromatic N) is 1. The molecule has 0 amide bonds. The summed E-state index contributed by atoms with van der Waals surface area (Å²) in [6, 6.07) is 20.1. The standard InChI is InChI=1S/C20H27N/c1-4-5-7-10-18(3)21(19-11-8-6-9-12-19)20-15-13-17(2)14-16-20/h6,8-9,11-16,18H,4-5,7,10H2,1-3H3. The molecule has 112 valence electrons. The fourth-order valence-corrected chi connectivity index (χ4v) is 2.77. The Labute approximate surface area is 129 Å². The molecular weight excluding hydrogens is 254 g/mol. The van der Waals surface area contributed by atoms with Gasteiger partial charge in [0.2, 0.25) is 0 Å². The van der Waals surface area contributed by atoms with Crippen molar-refractivity contribution in [3.05, 3.63) is 60.2 Å². The van der Waals surface area contributed by atoms with Crippen LogP contribution in [0.2, 0.25) is 0 Å². The van der Waals surface area contributed by atoms with Crippen LogP contribution in [0.15, 0.2) is 54.6 Å². The zero-order valence-corrected chi connectivity index (χ0v) is 13.5. The molecular formula is C20H27N. The van der Waals surface area contributed by atoms with E-state index in [4.69, 9.17) is 0 Å². The zero-order valence-electron chi connectivity index (χ0n) is 13.5. The predicted molar refractivity (Wildman–Crippen MR) is 93.4 cm³/mol. The Hall–Kier alpha value is -1.76. The van der Waals surface area contributed by atoms with Crippen LogP contribution in [0.5, 0.6) is 0 Å². The van der Waals surface area contributed by atoms with E-state index in [2.05, 4.69) is 80.3 Å². The van der Waals surface area contributed by atoms with Crippen molar-refractivity contribution in [1.82, 2.24) is 0 Å². The van der Waals surface area contributed by atoms with E-state index >= 15 is 0 Å². The van der Waals surface area contributed by atoms with Crippen LogP contribution in [-0.2, 0) is 0 Å². The second-order valence-electron chi connectivity index (χ2n) is 5.89. The number of hydrogen-bond donors (Lipinski definition) is 0. The third-order valence-electron chi connectivity index (χ3n) is 4.01. The molecule has 1 unspecified atom stereocenters. The molecule has 0 saturated heterocycles. The highest BCUT2D eigenvalue weighted by Gasteiger charge is 2.16. The van der Waals surface area contributed by atoms with Crippen molar-refractivity contribution >= 4 is 11.4 Å². The summed E-state index contributed by atoms with van der Waals surface area (Å²) in [5.74, 6) is 0. The van der Waals surface area contributed by atoms with Crippen LogP contribution in [0.1, 0.15) is 45.1 Å². The van der Waals surface area contributed by atoms with E-state index in [0.29, 0.717) is 6.04 Å². The molecule has 21 heavy (non-hydrogen) atoms. The Morgan fingerprint density at radius 2 is 1.48 bits per heavy atom. The second-order valence-corrected chi connectivity index (χ2v) is 5.89. The summed E-state index contributed by atoms with van der Waals surface area (Å²) < 4.78 is 0. The quantitative estimate of drug-likeness (QED) is 0.554. The molecule has 0 radical (unpaired) electrons. The minimum Gasteiger partial charge on any atom is -0.339 e. The Morgan fingerprint density at radius 3 is 2.10 bits per heavy atom. The van der Waals surface area contributed by atoms with E-state index < -0.39 is 0 Å². The molecule has 2 rings (SSSR count). The third kappa shape index (κ3) is 4.35. The minimum absolute atomic E-state index is 0.515. The Balaban J connectivity index is 2.24. The lowest BCUT2D eigenvalue weighted by Crippen LogP contribution is -2.28. The Bertz CT molecular complexity index is 515. The molecule has 1 atom stereocenters. The zero-order chi connectivity index (χ0) is 15.1. The third-order valence-corrected chi connectivity index (χ3v) is 4.01. The van der Waals surface area contributed by atoms with Crippen molar-refractivity contribution in [3.8, 4) is 0 Å². The van der Waals surface area contributed by atoms with Gasteiger partial charge >= 0.3 is 0 Å². The van der Waals surface area contributed by atoms with Crippen LogP contribution in [0.4, 0.5) is 11.4 Å². The van der Waals surface area contributed by atoms with Crippen LogP contribution in [-0.4, -0.2) is 6.04 Å². The molecule has 1 nitrogen and oxygen atoms in total. The molecule has 0 aliphatic heterocycles. The van der Waals surface area contributed by atoms with Crippen molar-refractivity contribution < 1.29 is 0 Å². The first kappa shape index (κ1) is 15.6. The van der Waals surface area contributed by atoms with Crippen LogP contribution in [0.3, 0.4) is 0 Å². The monoisotopic (exact) mass is 281 g/mol. The van der Waals surface area contributed by atoms with Gasteiger partial charge in [0.15, 0.2) is 0 Å². The SMILES string of the molecule is CCCCCC(C)N(c1ccccc1)c1ccc(C)cc1. The van der Waals surface area contributed by atoms with Crippen LogP contribution >= 0.6 is 0 Å². The number of rotatable bonds is 7. The predicted octanol–water partition coefficient (Wildman–Crippen LogP) is 6.10. The molecule has 0 saturated carbocycles. The molecule has 0 aliphatic rings. The number of unbranched alkanes of at least 4 members (excludes halogenated alkanes) is 2. The molecule has 2 aromatic carbocycles. The van der Waals surface area contributed by atoms with E-state index in [9.17, 15) is 0 Å². The lowest BCUT2D eigenvalue weighted by atomic mass is 10.1. The van der Waals surface area contributed by atoms with Gasteiger partial charge in [-0.15, -0.1) is 0 Å². The molecule has 0 aliphatic carbocycles. The van der Waals surface area contributed by atoms with Gasteiger partial charge in [-0.25, -0.2) is 0 Å². The number of anilines is 2. The van der Waals surface area contributed by atoms with Gasteiger partial charge in [0.25, 0.3) is 0 Å². The van der Waals surface area contributed by atoms with Crippen molar-refractivity contribution in [3.63, 3.8) is 0 Å². The van der Waals surface area contributed by atoms with E-state index in [1.54, 1.807) is 0 Å². The normalized spacial score (nSPS) is 12.1. The summed E-state index contributed by atoms with van der Waals surface area (Å²) in [5, 5.41) is 0. The van der Waals surface area contributed by atoms with Crippen molar-refractivity contribution in [2.45, 2.75) is 52.5 Å². The first-order valence-corrected chi connectivity index (χ1v) is 8.13. The summed E-state index contributed by atoms with van der Waals surface area (Å²) in [6.45, 7) is 6.74. The smallest absolute Gasteiger partial charge is 0.0413 e. The van der Waals surface area contributed by atoms with E-state index in [0.717, 1.165) is 0 Å². The summed E-state index contributed by atoms with van der Waals surface area (Å²) in [6.07, 6.45) is 5.13. The highest BCUT2D eigenvalue weighted by Crippen LogP contribution is 2.29. The van der Waals surface area contributed by atoms with Gasteiger partial charge in [0.1, 0.15) is 0 Å². The number of benzene rings is 2. The maximum atomic E-state index is 2.47. The lowest BCUT2D eigenvalue weighted by molar-refractivity contribution is 0.581. The van der Waals surface area contributed by atoms with E-state index in [1.807, 2.05) is 0 Å². The number of hydrogen-bond acceptors (Lipinski definition) is 1. The van der Waals surface area contributed by atoms with Crippen LogP contribution in [0.25, 0.3) is 0 Å². The van der Waals surface area contributed by atoms with Crippen LogP contribution < -0.4 is 4.90 Å². The van der Waals surface area contributed by atoms with Crippen molar-refractivity contribution in [2.75, 3.05) is 4.90 Å². The van der Waals surface area contributed by atoms with E-state index in [-0.39, 0.29) is 0 Å². The van der Waals surface area contributed by atoms with Gasteiger partial charge in [-0.1, -0.05) is 62.1 Å². The summed E-state index contributed by atoms with van der Waals surface area (Å²) >= 11 is 0. The van der Waals surface area contributed by atoms with Crippen LogP contribution in [0, 0.1) is 6.92 Å². The maximum absolute atomic E-state index is 2.47. The molecule has 2 aromatic rings. The maximum Gasteiger partial charge on any atom is 0.0413 e. The second kappa shape index (κ2) is 7.87. The van der Waals surface area contributed by atoms with Crippen molar-refractivity contribution in [1.29, 1.82) is 0 Å². The molecule has 0 spiro atoms. The number of para-hydroxylation sites is 1. The topological polar surface area (TPSA) is 3.24 Å². The van der Waals surface area contributed by atoms with Crippen molar-refractivity contribution in [2.24, 2.45) is 0 Å². The highest BCUT2D eigenvalue weighted by atomic mass is 15.2. The highest BCUT2D eigenvalue weighted by molar-refractivity contribution is 5.64. The summed E-state index contributed by atoms with van der Waals surface area (Å²) in [7, 11) is 0. The molecule has 0 aromatic heterocycles.